The van der Waals surface area contributed by atoms with Gasteiger partial charge in [0.15, 0.2) is 0 Å². The number of aryl methyl sites for hydroxylation is 2. The summed E-state index contributed by atoms with van der Waals surface area (Å²) in [5.41, 5.74) is 12.2. The molecule has 0 aliphatic rings. The van der Waals surface area contributed by atoms with Gasteiger partial charge in [-0.3, -0.25) is 9.59 Å². The lowest BCUT2D eigenvalue weighted by Gasteiger charge is -2.23. The predicted octanol–water partition coefficient (Wildman–Crippen LogP) is 5.39. The van der Waals surface area contributed by atoms with Crippen molar-refractivity contribution in [3.8, 4) is 22.6 Å². The SMILES string of the molecule is CCc1cc(OC)ccc1C[C@H](NN[C@@H](Cc1ccccc1NC(Cc1ccc(-c2ccc(OC)cc2CC)cc1)C(=O)O)C(=O)O)C(=O)O. The van der Waals surface area contributed by atoms with E-state index < -0.39 is 36.0 Å². The molecule has 11 nitrogen and oxygen atoms in total. The van der Waals surface area contributed by atoms with Crippen molar-refractivity contribution >= 4 is 23.6 Å². The van der Waals surface area contributed by atoms with Gasteiger partial charge in [0.1, 0.15) is 29.6 Å². The molecule has 0 spiro atoms. The van der Waals surface area contributed by atoms with Gasteiger partial charge in [-0.1, -0.05) is 68.4 Å². The molecule has 0 saturated heterocycles. The quantitative estimate of drug-likeness (QED) is 0.0702. The number of carboxylic acids is 3. The van der Waals surface area contributed by atoms with Gasteiger partial charge in [0.25, 0.3) is 0 Å². The van der Waals surface area contributed by atoms with Crippen molar-refractivity contribution in [1.29, 1.82) is 0 Å². The molecule has 0 saturated carbocycles. The van der Waals surface area contributed by atoms with Gasteiger partial charge in [0.05, 0.1) is 14.2 Å². The summed E-state index contributed by atoms with van der Waals surface area (Å²) in [5.74, 6) is -1.95. The molecule has 0 aliphatic heterocycles. The van der Waals surface area contributed by atoms with Crippen molar-refractivity contribution in [2.75, 3.05) is 19.5 Å². The largest absolute Gasteiger partial charge is 0.497 e. The molecule has 0 heterocycles. The number of anilines is 1. The van der Waals surface area contributed by atoms with Crippen LogP contribution in [0.25, 0.3) is 11.1 Å². The van der Waals surface area contributed by atoms with Gasteiger partial charge in [-0.25, -0.2) is 15.6 Å². The number of rotatable bonds is 19. The van der Waals surface area contributed by atoms with Crippen molar-refractivity contribution in [2.45, 2.75) is 64.1 Å². The van der Waals surface area contributed by atoms with Crippen LogP contribution in [-0.2, 0) is 46.5 Å². The van der Waals surface area contributed by atoms with Crippen LogP contribution in [0.15, 0.2) is 84.9 Å². The third kappa shape index (κ3) is 9.83. The summed E-state index contributed by atoms with van der Waals surface area (Å²) in [4.78, 5) is 36.9. The summed E-state index contributed by atoms with van der Waals surface area (Å²) in [6.07, 6.45) is 1.74. The lowest BCUT2D eigenvalue weighted by molar-refractivity contribution is -0.143. The molecular formula is C39H45N3O8. The minimum Gasteiger partial charge on any atom is -0.497 e. The van der Waals surface area contributed by atoms with Crippen molar-refractivity contribution in [3.63, 3.8) is 0 Å². The van der Waals surface area contributed by atoms with Crippen LogP contribution in [0, 0.1) is 0 Å². The number of carbonyl (C=O) groups is 3. The molecule has 6 N–H and O–H groups in total. The Morgan fingerprint density at radius 1 is 0.600 bits per heavy atom. The number of hydrogen-bond donors (Lipinski definition) is 6. The van der Waals surface area contributed by atoms with E-state index in [2.05, 4.69) is 23.1 Å². The molecule has 1 unspecified atom stereocenters. The monoisotopic (exact) mass is 683 g/mol. The van der Waals surface area contributed by atoms with Gasteiger partial charge in [-0.2, -0.15) is 0 Å². The van der Waals surface area contributed by atoms with Crippen LogP contribution >= 0.6 is 0 Å². The molecule has 0 fully saturated rings. The van der Waals surface area contributed by atoms with Gasteiger partial charge in [0, 0.05) is 24.9 Å². The average molecular weight is 684 g/mol. The van der Waals surface area contributed by atoms with Crippen LogP contribution in [0.3, 0.4) is 0 Å². The number of carboxylic acid groups (broad SMARTS) is 3. The minimum absolute atomic E-state index is 0.0523. The maximum atomic E-state index is 12.4. The third-order valence-electron chi connectivity index (χ3n) is 8.71. The molecule has 3 atom stereocenters. The lowest BCUT2D eigenvalue weighted by atomic mass is 9.95. The number of hydrazine groups is 1. The van der Waals surface area contributed by atoms with E-state index in [1.165, 1.54) is 0 Å². The Balaban J connectivity index is 1.46. The molecule has 11 heteroatoms. The molecule has 4 rings (SSSR count). The van der Waals surface area contributed by atoms with Gasteiger partial charge in [-0.15, -0.1) is 0 Å². The molecular weight excluding hydrogens is 638 g/mol. The smallest absolute Gasteiger partial charge is 0.326 e. The first-order valence-corrected chi connectivity index (χ1v) is 16.5. The average Bonchev–Trinajstić information content (AvgIpc) is 3.12. The van der Waals surface area contributed by atoms with E-state index in [4.69, 9.17) is 9.47 Å². The Morgan fingerprint density at radius 2 is 1.14 bits per heavy atom. The van der Waals surface area contributed by atoms with Crippen molar-refractivity contribution < 1.29 is 39.2 Å². The highest BCUT2D eigenvalue weighted by molar-refractivity contribution is 5.79. The van der Waals surface area contributed by atoms with E-state index in [0.717, 1.165) is 45.6 Å². The highest BCUT2D eigenvalue weighted by atomic mass is 16.5. The number of nitrogens with one attached hydrogen (secondary N) is 3. The van der Waals surface area contributed by atoms with E-state index in [9.17, 15) is 29.7 Å². The topological polar surface area (TPSA) is 166 Å². The normalized spacial score (nSPS) is 12.8. The summed E-state index contributed by atoms with van der Waals surface area (Å²) >= 11 is 0. The molecule has 50 heavy (non-hydrogen) atoms. The number of aliphatic carboxylic acids is 3. The molecule has 264 valence electrons. The first-order valence-electron chi connectivity index (χ1n) is 16.5. The van der Waals surface area contributed by atoms with E-state index in [-0.39, 0.29) is 19.3 Å². The van der Waals surface area contributed by atoms with E-state index in [0.29, 0.717) is 23.4 Å². The summed E-state index contributed by atoms with van der Waals surface area (Å²) in [5, 5.41) is 33.2. The second kappa shape index (κ2) is 17.8. The van der Waals surface area contributed by atoms with Crippen LogP contribution in [-0.4, -0.2) is 65.6 Å². The summed E-state index contributed by atoms with van der Waals surface area (Å²) < 4.78 is 10.6. The van der Waals surface area contributed by atoms with Crippen molar-refractivity contribution in [2.24, 2.45) is 0 Å². The van der Waals surface area contributed by atoms with Gasteiger partial charge >= 0.3 is 17.9 Å². The van der Waals surface area contributed by atoms with Crippen LogP contribution in [0.5, 0.6) is 11.5 Å². The first-order chi connectivity index (χ1) is 24.1. The zero-order chi connectivity index (χ0) is 36.2. The zero-order valence-corrected chi connectivity index (χ0v) is 28.7. The van der Waals surface area contributed by atoms with Crippen LogP contribution in [0.4, 0.5) is 5.69 Å². The fourth-order valence-electron chi connectivity index (χ4n) is 5.85. The molecule has 4 aromatic rings. The Labute approximate surface area is 292 Å². The number of methoxy groups -OCH3 is 2. The summed E-state index contributed by atoms with van der Waals surface area (Å²) in [6.45, 7) is 4.04. The Morgan fingerprint density at radius 3 is 1.70 bits per heavy atom. The highest BCUT2D eigenvalue weighted by Gasteiger charge is 2.26. The van der Waals surface area contributed by atoms with Gasteiger partial charge < -0.3 is 30.1 Å². The Hall–Kier alpha value is -5.39. The maximum Gasteiger partial charge on any atom is 0.326 e. The van der Waals surface area contributed by atoms with E-state index in [1.807, 2.05) is 61.5 Å². The molecule has 0 bridgehead atoms. The van der Waals surface area contributed by atoms with Crippen LogP contribution in [0.2, 0.25) is 0 Å². The number of para-hydroxylation sites is 1. The molecule has 0 aliphatic carbocycles. The Kier molecular flexibility index (Phi) is 13.4. The van der Waals surface area contributed by atoms with E-state index in [1.54, 1.807) is 44.6 Å². The predicted molar refractivity (Wildman–Crippen MR) is 192 cm³/mol. The molecule has 0 radical (unpaired) electrons. The number of hydrogen-bond acceptors (Lipinski definition) is 8. The Bertz CT molecular complexity index is 1780. The maximum absolute atomic E-state index is 12.4. The number of benzene rings is 4. The molecule has 0 amide bonds. The molecule has 4 aromatic carbocycles. The minimum atomic E-state index is -1.22. The van der Waals surface area contributed by atoms with Crippen LogP contribution in [0.1, 0.15) is 41.7 Å². The summed E-state index contributed by atoms with van der Waals surface area (Å²) in [7, 11) is 3.20. The van der Waals surface area contributed by atoms with Gasteiger partial charge in [0.2, 0.25) is 0 Å². The first kappa shape index (κ1) is 37.4. The zero-order valence-electron chi connectivity index (χ0n) is 28.7. The highest BCUT2D eigenvalue weighted by Crippen LogP contribution is 2.29. The van der Waals surface area contributed by atoms with E-state index >= 15 is 0 Å². The fraction of sp³-hybridized carbons (Fsp3) is 0.308. The third-order valence-corrected chi connectivity index (χ3v) is 8.71. The second-order valence-electron chi connectivity index (χ2n) is 11.9. The number of ether oxygens (including phenoxy) is 2. The lowest BCUT2D eigenvalue weighted by Crippen LogP contribution is -2.54. The molecule has 0 aromatic heterocycles. The van der Waals surface area contributed by atoms with Crippen molar-refractivity contribution in [1.82, 2.24) is 10.9 Å². The second-order valence-corrected chi connectivity index (χ2v) is 11.9. The fourth-order valence-corrected chi connectivity index (χ4v) is 5.85. The van der Waals surface area contributed by atoms with Gasteiger partial charge in [-0.05, 0) is 82.1 Å². The van der Waals surface area contributed by atoms with Crippen molar-refractivity contribution in [3.05, 3.63) is 113 Å². The standard InChI is InChI=1S/C39H45N3O8/c1-5-25-20-30(49-3)16-15-28(25)22-35(38(45)46)41-42-36(39(47)48)23-29-9-7-8-10-33(29)40-34(37(43)44)19-24-11-13-27(14-12-24)32-18-17-31(50-4)21-26(32)6-2/h7-18,20-21,34-36,40-42H,5-6,19,22-23H2,1-4H3,(H,43,44)(H,45,46)(H,47,48)/t34?,35-,36-/m0/s1. The van der Waals surface area contributed by atoms with Crippen LogP contribution < -0.4 is 25.6 Å². The summed E-state index contributed by atoms with van der Waals surface area (Å²) in [6, 6.07) is 22.7.